The van der Waals surface area contributed by atoms with Gasteiger partial charge in [-0.2, -0.15) is 0 Å². The van der Waals surface area contributed by atoms with Crippen molar-refractivity contribution in [1.82, 2.24) is 5.32 Å². The van der Waals surface area contributed by atoms with Crippen molar-refractivity contribution in [1.29, 1.82) is 0 Å². The number of halogens is 1. The van der Waals surface area contributed by atoms with Crippen molar-refractivity contribution in [3.05, 3.63) is 29.6 Å². The van der Waals surface area contributed by atoms with Crippen LogP contribution in [0.5, 0.6) is 0 Å². The Labute approximate surface area is 113 Å². The van der Waals surface area contributed by atoms with Gasteiger partial charge in [0.1, 0.15) is 5.82 Å². The molecule has 1 aromatic rings. The third kappa shape index (κ3) is 5.26. The van der Waals surface area contributed by atoms with E-state index >= 15 is 0 Å². The maximum atomic E-state index is 13.3. The monoisotopic (exact) mass is 268 g/mol. The molecule has 4 nitrogen and oxygen atoms in total. The summed E-state index contributed by atoms with van der Waals surface area (Å²) in [7, 11) is 0. The van der Waals surface area contributed by atoms with Gasteiger partial charge in [0.2, 0.25) is 0 Å². The Morgan fingerprint density at radius 1 is 1.42 bits per heavy atom. The van der Waals surface area contributed by atoms with Crippen molar-refractivity contribution in [2.75, 3.05) is 18.5 Å². The minimum Gasteiger partial charge on any atom is -0.396 e. The summed E-state index contributed by atoms with van der Waals surface area (Å²) in [5.41, 5.74) is 0.778. The van der Waals surface area contributed by atoms with Crippen molar-refractivity contribution in [2.45, 2.75) is 27.2 Å². The number of aryl methyl sites for hydroxylation is 1. The Morgan fingerprint density at radius 2 is 2.11 bits per heavy atom. The number of nitrogens with one attached hydrogen (secondary N) is 2. The van der Waals surface area contributed by atoms with Crippen LogP contribution >= 0.6 is 0 Å². The predicted octanol–water partition coefficient (Wildman–Crippen LogP) is 2.66. The van der Waals surface area contributed by atoms with Crippen molar-refractivity contribution in [2.24, 2.45) is 5.41 Å². The topological polar surface area (TPSA) is 61.4 Å². The Hall–Kier alpha value is -1.62. The lowest BCUT2D eigenvalue weighted by molar-refractivity contribution is 0.204. The zero-order valence-corrected chi connectivity index (χ0v) is 11.6. The molecule has 2 amide bonds. The highest BCUT2D eigenvalue weighted by Crippen LogP contribution is 2.18. The summed E-state index contributed by atoms with van der Waals surface area (Å²) < 4.78 is 13.3. The van der Waals surface area contributed by atoms with E-state index in [4.69, 9.17) is 5.11 Å². The summed E-state index contributed by atoms with van der Waals surface area (Å²) in [4.78, 5) is 11.7. The molecule has 0 aliphatic heterocycles. The quantitative estimate of drug-likeness (QED) is 0.769. The van der Waals surface area contributed by atoms with E-state index in [1.165, 1.54) is 6.07 Å². The zero-order valence-electron chi connectivity index (χ0n) is 11.6. The Kier molecular flexibility index (Phi) is 5.30. The summed E-state index contributed by atoms with van der Waals surface area (Å²) >= 11 is 0. The second-order valence-corrected chi connectivity index (χ2v) is 5.41. The van der Waals surface area contributed by atoms with Crippen LogP contribution in [0.1, 0.15) is 25.8 Å². The van der Waals surface area contributed by atoms with Gasteiger partial charge in [0, 0.05) is 18.8 Å². The molecule has 0 saturated carbocycles. The van der Waals surface area contributed by atoms with Crippen LogP contribution in [0, 0.1) is 18.2 Å². The molecule has 0 radical (unpaired) electrons. The molecule has 0 fully saturated rings. The van der Waals surface area contributed by atoms with Gasteiger partial charge in [-0.05, 0) is 36.5 Å². The van der Waals surface area contributed by atoms with Crippen LogP contribution in [0.15, 0.2) is 18.2 Å². The highest BCUT2D eigenvalue weighted by Gasteiger charge is 2.18. The van der Waals surface area contributed by atoms with E-state index in [0.717, 1.165) is 0 Å². The zero-order chi connectivity index (χ0) is 14.5. The van der Waals surface area contributed by atoms with Gasteiger partial charge in [0.15, 0.2) is 0 Å². The molecule has 0 aliphatic rings. The largest absolute Gasteiger partial charge is 0.396 e. The van der Waals surface area contributed by atoms with Crippen molar-refractivity contribution < 1.29 is 14.3 Å². The van der Waals surface area contributed by atoms with E-state index in [1.807, 2.05) is 13.8 Å². The number of amides is 2. The SMILES string of the molecule is Cc1ccc(NC(=O)NCC(C)(C)CCO)cc1F. The summed E-state index contributed by atoms with van der Waals surface area (Å²) in [6.07, 6.45) is 0.604. The normalized spacial score (nSPS) is 11.2. The molecule has 0 atom stereocenters. The number of urea groups is 1. The van der Waals surface area contributed by atoms with Gasteiger partial charge in [-0.15, -0.1) is 0 Å². The van der Waals surface area contributed by atoms with Crippen molar-refractivity contribution in [3.8, 4) is 0 Å². The Morgan fingerprint density at radius 3 is 2.68 bits per heavy atom. The maximum absolute atomic E-state index is 13.3. The van der Waals surface area contributed by atoms with E-state index < -0.39 is 0 Å². The molecular formula is C14H21FN2O2. The number of benzene rings is 1. The first kappa shape index (κ1) is 15.4. The molecule has 106 valence electrons. The van der Waals surface area contributed by atoms with Gasteiger partial charge >= 0.3 is 6.03 Å². The minimum absolute atomic E-state index is 0.0828. The highest BCUT2D eigenvalue weighted by atomic mass is 19.1. The fourth-order valence-corrected chi connectivity index (χ4v) is 1.56. The first-order valence-electron chi connectivity index (χ1n) is 6.26. The van der Waals surface area contributed by atoms with Gasteiger partial charge in [0.05, 0.1) is 0 Å². The van der Waals surface area contributed by atoms with Gasteiger partial charge in [-0.1, -0.05) is 19.9 Å². The molecule has 1 aromatic carbocycles. The van der Waals surface area contributed by atoms with Crippen LogP contribution < -0.4 is 10.6 Å². The summed E-state index contributed by atoms with van der Waals surface area (Å²) in [5, 5.41) is 14.2. The molecule has 0 heterocycles. The average molecular weight is 268 g/mol. The van der Waals surface area contributed by atoms with Crippen molar-refractivity contribution in [3.63, 3.8) is 0 Å². The summed E-state index contributed by atoms with van der Waals surface area (Å²) in [6, 6.07) is 4.17. The first-order valence-corrected chi connectivity index (χ1v) is 6.26. The van der Waals surface area contributed by atoms with Gasteiger partial charge in [-0.25, -0.2) is 9.18 Å². The Balaban J connectivity index is 2.49. The molecule has 3 N–H and O–H groups in total. The molecule has 0 bridgehead atoms. The minimum atomic E-state index is -0.380. The lowest BCUT2D eigenvalue weighted by Crippen LogP contribution is -2.37. The number of rotatable bonds is 5. The number of carbonyl (C=O) groups is 1. The molecule has 5 heteroatoms. The molecule has 19 heavy (non-hydrogen) atoms. The lowest BCUT2D eigenvalue weighted by Gasteiger charge is -2.23. The molecule has 1 rings (SSSR count). The van der Waals surface area contributed by atoms with E-state index in [1.54, 1.807) is 19.1 Å². The maximum Gasteiger partial charge on any atom is 0.319 e. The van der Waals surface area contributed by atoms with Crippen molar-refractivity contribution >= 4 is 11.7 Å². The second-order valence-electron chi connectivity index (χ2n) is 5.41. The van der Waals surface area contributed by atoms with Crippen LogP contribution in [-0.4, -0.2) is 24.3 Å². The second kappa shape index (κ2) is 6.52. The van der Waals surface area contributed by atoms with Gasteiger partial charge < -0.3 is 15.7 Å². The third-order valence-corrected chi connectivity index (χ3v) is 2.95. The Bertz CT molecular complexity index is 447. The fraction of sp³-hybridized carbons (Fsp3) is 0.500. The number of hydrogen-bond acceptors (Lipinski definition) is 2. The lowest BCUT2D eigenvalue weighted by atomic mass is 9.90. The van der Waals surface area contributed by atoms with Crippen LogP contribution in [0.4, 0.5) is 14.9 Å². The van der Waals surface area contributed by atoms with E-state index in [-0.39, 0.29) is 23.9 Å². The standard InChI is InChI=1S/C14H21FN2O2/c1-10-4-5-11(8-12(10)15)17-13(19)16-9-14(2,3)6-7-18/h4-5,8,18H,6-7,9H2,1-3H3,(H2,16,17,19). The number of carbonyl (C=O) groups excluding carboxylic acids is 1. The van der Waals surface area contributed by atoms with Gasteiger partial charge in [0.25, 0.3) is 0 Å². The third-order valence-electron chi connectivity index (χ3n) is 2.95. The van der Waals surface area contributed by atoms with E-state index in [2.05, 4.69) is 10.6 Å². The number of anilines is 1. The van der Waals surface area contributed by atoms with Gasteiger partial charge in [-0.3, -0.25) is 0 Å². The van der Waals surface area contributed by atoms with Crippen LogP contribution in [-0.2, 0) is 0 Å². The van der Waals surface area contributed by atoms with E-state index in [9.17, 15) is 9.18 Å². The van der Waals surface area contributed by atoms with Crippen LogP contribution in [0.2, 0.25) is 0 Å². The summed E-state index contributed by atoms with van der Waals surface area (Å²) in [6.45, 7) is 6.09. The average Bonchev–Trinajstić information content (AvgIpc) is 2.32. The highest BCUT2D eigenvalue weighted by molar-refractivity contribution is 5.89. The van der Waals surface area contributed by atoms with E-state index in [0.29, 0.717) is 24.2 Å². The predicted molar refractivity (Wildman–Crippen MR) is 73.6 cm³/mol. The first-order chi connectivity index (χ1) is 8.84. The van der Waals surface area contributed by atoms with Crippen LogP contribution in [0.3, 0.4) is 0 Å². The molecule has 0 saturated heterocycles. The molecule has 0 spiro atoms. The number of aliphatic hydroxyl groups excluding tert-OH is 1. The molecular weight excluding hydrogens is 247 g/mol. The number of hydrogen-bond donors (Lipinski definition) is 3. The summed E-state index contributed by atoms with van der Waals surface area (Å²) in [5.74, 6) is -0.349. The van der Waals surface area contributed by atoms with Crippen LogP contribution in [0.25, 0.3) is 0 Å². The molecule has 0 aliphatic carbocycles. The number of aliphatic hydroxyl groups is 1. The molecule has 0 aromatic heterocycles. The molecule has 0 unspecified atom stereocenters. The fourth-order valence-electron chi connectivity index (χ4n) is 1.56. The smallest absolute Gasteiger partial charge is 0.319 e.